The summed E-state index contributed by atoms with van der Waals surface area (Å²) >= 11 is 0. The lowest BCUT2D eigenvalue weighted by Crippen LogP contribution is -2.53. The summed E-state index contributed by atoms with van der Waals surface area (Å²) in [5.74, 6) is -3.29. The number of hydrogen-bond acceptors (Lipinski definition) is 8. The number of carboxylic acid groups (broad SMARTS) is 1. The number of likely N-dealkylation sites (tertiary alicyclic amines) is 1. The Morgan fingerprint density at radius 1 is 1.00 bits per heavy atom. The molecule has 1 aliphatic rings. The molecule has 3 unspecified atom stereocenters. The fraction of sp³-hybridized carbons (Fsp3) is 0.519. The molecule has 41 heavy (non-hydrogen) atoms. The van der Waals surface area contributed by atoms with Crippen molar-refractivity contribution in [3.05, 3.63) is 29.8 Å². The molecule has 0 aliphatic carbocycles. The topological polar surface area (TPSA) is 200 Å². The lowest BCUT2D eigenvalue weighted by molar-refractivity contribution is -0.140. The number of anilines is 1. The molecule has 0 spiro atoms. The molecule has 1 aromatic rings. The zero-order valence-electron chi connectivity index (χ0n) is 23.5. The Hall–Kier alpha value is -4.49. The van der Waals surface area contributed by atoms with Crippen LogP contribution in [0.3, 0.4) is 0 Å². The van der Waals surface area contributed by atoms with Crippen LogP contribution in [0.4, 0.5) is 10.5 Å². The van der Waals surface area contributed by atoms with Crippen LogP contribution < -0.4 is 21.3 Å². The van der Waals surface area contributed by atoms with Crippen molar-refractivity contribution < 1.29 is 43.4 Å². The van der Waals surface area contributed by atoms with Gasteiger partial charge in [0.05, 0.1) is 6.54 Å². The van der Waals surface area contributed by atoms with Gasteiger partial charge < -0.3 is 31.1 Å². The zero-order valence-corrected chi connectivity index (χ0v) is 23.5. The predicted octanol–water partition coefficient (Wildman–Crippen LogP) is 0.757. The van der Waals surface area contributed by atoms with E-state index in [2.05, 4.69) is 26.0 Å². The van der Waals surface area contributed by atoms with E-state index in [9.17, 15) is 33.6 Å². The fourth-order valence-electron chi connectivity index (χ4n) is 4.00. The molecule has 1 heterocycles. The Morgan fingerprint density at radius 2 is 1.66 bits per heavy atom. The smallest absolute Gasteiger partial charge is 0.450 e. The molecule has 0 saturated carbocycles. The van der Waals surface area contributed by atoms with Gasteiger partial charge in [0, 0.05) is 31.0 Å². The van der Waals surface area contributed by atoms with E-state index in [0.717, 1.165) is 4.90 Å². The quantitative estimate of drug-likeness (QED) is 0.157. The molecular weight excluding hydrogens is 538 g/mol. The molecule has 3 atom stereocenters. The molecule has 14 heteroatoms. The molecular formula is C27H37N5O9. The van der Waals surface area contributed by atoms with Crippen LogP contribution in [-0.2, 0) is 40.1 Å². The van der Waals surface area contributed by atoms with E-state index in [1.165, 1.54) is 6.92 Å². The van der Waals surface area contributed by atoms with Gasteiger partial charge in [0.1, 0.15) is 18.7 Å². The second-order valence-electron chi connectivity index (χ2n) is 10.2. The van der Waals surface area contributed by atoms with Gasteiger partial charge in [-0.25, -0.2) is 4.79 Å². The second-order valence-corrected chi connectivity index (χ2v) is 10.2. The summed E-state index contributed by atoms with van der Waals surface area (Å²) in [4.78, 5) is 85.6. The van der Waals surface area contributed by atoms with Crippen molar-refractivity contribution in [3.8, 4) is 0 Å². The van der Waals surface area contributed by atoms with Crippen molar-refractivity contribution in [2.45, 2.75) is 65.6 Å². The van der Waals surface area contributed by atoms with Gasteiger partial charge in [0.2, 0.25) is 35.4 Å². The molecule has 0 radical (unpaired) electrons. The van der Waals surface area contributed by atoms with E-state index in [-0.39, 0.29) is 56.7 Å². The molecule has 2 rings (SSSR count). The van der Waals surface area contributed by atoms with Gasteiger partial charge in [-0.2, -0.15) is 0 Å². The largest absolute Gasteiger partial charge is 0.506 e. The lowest BCUT2D eigenvalue weighted by atomic mass is 10.0. The molecule has 1 aromatic carbocycles. The van der Waals surface area contributed by atoms with Gasteiger partial charge in [0.25, 0.3) is 0 Å². The van der Waals surface area contributed by atoms with Crippen LogP contribution in [0.5, 0.6) is 0 Å². The van der Waals surface area contributed by atoms with E-state index < -0.39 is 47.8 Å². The first kappa shape index (κ1) is 32.7. The summed E-state index contributed by atoms with van der Waals surface area (Å²) in [7, 11) is 0. The number of hydrogen-bond donors (Lipinski definition) is 5. The molecule has 224 valence electrons. The third kappa shape index (κ3) is 10.9. The first-order valence-electron chi connectivity index (χ1n) is 13.2. The summed E-state index contributed by atoms with van der Waals surface area (Å²) in [5.41, 5.74) is 1.01. The Morgan fingerprint density at radius 3 is 2.22 bits per heavy atom. The predicted molar refractivity (Wildman–Crippen MR) is 145 cm³/mol. The number of nitrogens with one attached hydrogen (secondary N) is 4. The maximum absolute atomic E-state index is 12.9. The average Bonchev–Trinajstić information content (AvgIpc) is 3.14. The number of imide groups is 1. The van der Waals surface area contributed by atoms with Crippen LogP contribution >= 0.6 is 0 Å². The number of ether oxygens (including phenoxy) is 1. The Balaban J connectivity index is 1.81. The number of carbonyl (C=O) groups excluding carboxylic acids is 6. The van der Waals surface area contributed by atoms with Crippen LogP contribution in [0.15, 0.2) is 24.3 Å². The minimum Gasteiger partial charge on any atom is -0.450 e. The Labute approximate surface area is 237 Å². The molecule has 0 bridgehead atoms. The number of rotatable bonds is 14. The highest BCUT2D eigenvalue weighted by Gasteiger charge is 2.35. The summed E-state index contributed by atoms with van der Waals surface area (Å²) < 4.78 is 4.46. The average molecular weight is 576 g/mol. The maximum Gasteiger partial charge on any atom is 0.506 e. The molecule has 1 saturated heterocycles. The minimum absolute atomic E-state index is 0.0280. The van der Waals surface area contributed by atoms with Gasteiger partial charge in [-0.1, -0.05) is 32.9 Å². The number of nitrogens with zero attached hydrogens (tertiary/aromatic N) is 1. The van der Waals surface area contributed by atoms with E-state index in [1.54, 1.807) is 31.2 Å². The van der Waals surface area contributed by atoms with Gasteiger partial charge in [-0.15, -0.1) is 0 Å². The SMILES string of the molecule is CC(C)CC(NC(=O)CCN1C(=O)CC(C)C1=O)C(=O)NC(C)C(=O)NCC(=O)Nc1ccc(COC(=O)O)cc1. The highest BCUT2D eigenvalue weighted by atomic mass is 16.7. The third-order valence-corrected chi connectivity index (χ3v) is 6.17. The van der Waals surface area contributed by atoms with E-state index >= 15 is 0 Å². The minimum atomic E-state index is -1.40. The van der Waals surface area contributed by atoms with Crippen molar-refractivity contribution in [2.24, 2.45) is 11.8 Å². The maximum atomic E-state index is 12.9. The summed E-state index contributed by atoms with van der Waals surface area (Å²) in [6, 6.07) is 4.28. The second kappa shape index (κ2) is 15.3. The van der Waals surface area contributed by atoms with Crippen LogP contribution in [0.2, 0.25) is 0 Å². The van der Waals surface area contributed by atoms with Gasteiger partial charge in [-0.3, -0.25) is 33.7 Å². The van der Waals surface area contributed by atoms with Gasteiger partial charge in [0.15, 0.2) is 0 Å². The highest BCUT2D eigenvalue weighted by Crippen LogP contribution is 2.18. The van der Waals surface area contributed by atoms with Crippen molar-refractivity contribution in [3.63, 3.8) is 0 Å². The van der Waals surface area contributed by atoms with Crippen molar-refractivity contribution >= 4 is 47.3 Å². The van der Waals surface area contributed by atoms with Gasteiger partial charge in [-0.05, 0) is 37.0 Å². The number of amides is 6. The van der Waals surface area contributed by atoms with Crippen molar-refractivity contribution in [2.75, 3.05) is 18.4 Å². The molecule has 6 amide bonds. The summed E-state index contributed by atoms with van der Waals surface area (Å²) in [6.45, 7) is 6.22. The fourth-order valence-corrected chi connectivity index (χ4v) is 4.00. The summed E-state index contributed by atoms with van der Waals surface area (Å²) in [5, 5.41) is 18.7. The molecule has 0 aromatic heterocycles. The van der Waals surface area contributed by atoms with Gasteiger partial charge >= 0.3 is 6.16 Å². The molecule has 5 N–H and O–H groups in total. The first-order valence-corrected chi connectivity index (χ1v) is 13.2. The Bertz CT molecular complexity index is 1150. The van der Waals surface area contributed by atoms with E-state index in [0.29, 0.717) is 11.3 Å². The van der Waals surface area contributed by atoms with Crippen molar-refractivity contribution in [1.82, 2.24) is 20.9 Å². The zero-order chi connectivity index (χ0) is 30.7. The normalized spacial score (nSPS) is 16.1. The molecule has 1 aliphatic heterocycles. The molecule has 1 fully saturated rings. The van der Waals surface area contributed by atoms with E-state index in [1.807, 2.05) is 13.8 Å². The highest BCUT2D eigenvalue weighted by molar-refractivity contribution is 6.03. The van der Waals surface area contributed by atoms with Crippen LogP contribution in [0.1, 0.15) is 52.5 Å². The Kier molecular flexibility index (Phi) is 12.2. The van der Waals surface area contributed by atoms with E-state index in [4.69, 9.17) is 5.11 Å². The van der Waals surface area contributed by atoms with Crippen LogP contribution in [0.25, 0.3) is 0 Å². The number of carbonyl (C=O) groups is 7. The standard InChI is InChI=1S/C27H37N5O9/c1-15(2)11-20(31-21(33)9-10-32-23(35)12-16(3)26(32)38)25(37)29-17(4)24(36)28-13-22(34)30-19-7-5-18(6-8-19)14-41-27(39)40/h5-8,15-17,20H,9-14H2,1-4H3,(H,28,36)(H,29,37)(H,30,34)(H,31,33)(H,39,40). The molecule has 14 nitrogen and oxygen atoms in total. The summed E-state index contributed by atoms with van der Waals surface area (Å²) in [6.07, 6.45) is -1.16. The van der Waals surface area contributed by atoms with Crippen LogP contribution in [-0.4, -0.2) is 76.8 Å². The van der Waals surface area contributed by atoms with Crippen LogP contribution in [0, 0.1) is 11.8 Å². The van der Waals surface area contributed by atoms with Crippen molar-refractivity contribution in [1.29, 1.82) is 0 Å². The number of benzene rings is 1. The third-order valence-electron chi connectivity index (χ3n) is 6.17. The first-order chi connectivity index (χ1) is 19.3. The monoisotopic (exact) mass is 575 g/mol. The lowest BCUT2D eigenvalue weighted by Gasteiger charge is -2.23.